The monoisotopic (exact) mass is 713 g/mol. The zero-order valence-electron chi connectivity index (χ0n) is 28.2. The molecule has 5 aromatic rings. The summed E-state index contributed by atoms with van der Waals surface area (Å²) in [6.07, 6.45) is 3.18. The average Bonchev–Trinajstić information content (AvgIpc) is 3.73. The van der Waals surface area contributed by atoms with Crippen molar-refractivity contribution in [2.75, 3.05) is 43.6 Å². The third kappa shape index (κ3) is 6.88. The van der Waals surface area contributed by atoms with E-state index in [2.05, 4.69) is 30.9 Å². The molecule has 264 valence electrons. The molecule has 15 nitrogen and oxygen atoms in total. The Morgan fingerprint density at radius 3 is 2.71 bits per heavy atom. The number of halogens is 1. The number of nitrogens with one attached hydrogen (secondary N) is 3. The molecule has 3 aromatic heterocycles. The van der Waals surface area contributed by atoms with Crippen molar-refractivity contribution in [1.29, 1.82) is 0 Å². The zero-order valence-corrected chi connectivity index (χ0v) is 29.0. The van der Waals surface area contributed by atoms with Gasteiger partial charge in [-0.1, -0.05) is 11.6 Å². The number of hydrogen-bond donors (Lipinski definition) is 3. The van der Waals surface area contributed by atoms with Crippen LogP contribution in [0.25, 0.3) is 21.8 Å². The molecule has 51 heavy (non-hydrogen) atoms. The lowest BCUT2D eigenvalue weighted by Crippen LogP contribution is -2.39. The van der Waals surface area contributed by atoms with Gasteiger partial charge in [-0.05, 0) is 49.2 Å². The van der Waals surface area contributed by atoms with Gasteiger partial charge < -0.3 is 29.6 Å². The summed E-state index contributed by atoms with van der Waals surface area (Å²) >= 11 is 6.52. The number of aryl methyl sites for hydroxylation is 2. The topological polar surface area (TPSA) is 175 Å². The lowest BCUT2D eigenvalue weighted by Gasteiger charge is -2.19. The fraction of sp³-hybridized carbons (Fsp3) is 0.343. The number of hydrogen-bond acceptors (Lipinski definition) is 11. The van der Waals surface area contributed by atoms with Crippen LogP contribution >= 0.6 is 11.6 Å². The predicted molar refractivity (Wildman–Crippen MR) is 191 cm³/mol. The number of carbonyl (C=O) groups excluding carboxylic acids is 3. The number of nitrogens with zero attached hydrogens (tertiary/aromatic N) is 6. The van der Waals surface area contributed by atoms with Crippen molar-refractivity contribution < 1.29 is 23.9 Å². The Kier molecular flexibility index (Phi) is 9.21. The molecule has 2 saturated heterocycles. The lowest BCUT2D eigenvalue weighted by atomic mass is 9.93. The maximum atomic E-state index is 12.8. The molecule has 0 spiro atoms. The van der Waals surface area contributed by atoms with Crippen molar-refractivity contribution in [3.63, 3.8) is 0 Å². The van der Waals surface area contributed by atoms with Gasteiger partial charge in [0.1, 0.15) is 10.8 Å². The second-order valence-corrected chi connectivity index (χ2v) is 13.1. The first-order valence-electron chi connectivity index (χ1n) is 16.5. The Morgan fingerprint density at radius 2 is 1.90 bits per heavy atom. The predicted octanol–water partition coefficient (Wildman–Crippen LogP) is 3.16. The van der Waals surface area contributed by atoms with Gasteiger partial charge in [-0.2, -0.15) is 10.1 Å². The number of imide groups is 1. The number of carbonyl (C=O) groups is 3. The van der Waals surface area contributed by atoms with E-state index in [1.165, 1.54) is 11.6 Å². The van der Waals surface area contributed by atoms with E-state index in [0.717, 1.165) is 29.3 Å². The number of benzene rings is 2. The van der Waals surface area contributed by atoms with Crippen LogP contribution in [0.1, 0.15) is 30.9 Å². The van der Waals surface area contributed by atoms with Gasteiger partial charge in [0.2, 0.25) is 17.8 Å². The number of rotatable bonds is 10. The molecule has 0 aliphatic carbocycles. The normalized spacial score (nSPS) is 17.5. The van der Waals surface area contributed by atoms with E-state index in [-0.39, 0.29) is 41.6 Å². The standard InChI is InChI=1S/C35H36ClN9O6/c1-37-30(47)18-51-28-13-20-12-21(4-8-26(20)43(2)34(28)49)39-32-25(36)15-38-35(41-32)45-11-10-19(16-45)17-50-22-5-6-23-27(14-22)44(3)42-31(23)24-7-9-29(46)40-33(24)48/h4-6,8,12-15,19,24H,7,9-11,16-18H2,1-3H3,(H,37,47)(H,38,39,41)(H,40,46,48). The fourth-order valence-corrected chi connectivity index (χ4v) is 6.65. The number of likely N-dealkylation sites (N-methyl/N-ethyl adjacent to an activating group) is 1. The molecule has 3 N–H and O–H groups in total. The molecular weight excluding hydrogens is 678 g/mol. The van der Waals surface area contributed by atoms with Crippen LogP contribution in [0.5, 0.6) is 11.5 Å². The largest absolute Gasteiger partial charge is 0.493 e. The molecule has 0 radical (unpaired) electrons. The van der Waals surface area contributed by atoms with Gasteiger partial charge in [-0.3, -0.25) is 29.2 Å². The SMILES string of the molecule is CNC(=O)COc1cc2cc(Nc3nc(N4CCC(COc5ccc6c(C7CCC(=O)NC7=O)nn(C)c6c5)C4)ncc3Cl)ccc2n(C)c1=O. The smallest absolute Gasteiger partial charge is 0.293 e. The van der Waals surface area contributed by atoms with E-state index in [1.54, 1.807) is 24.0 Å². The maximum Gasteiger partial charge on any atom is 0.293 e. The maximum absolute atomic E-state index is 12.8. The first-order valence-corrected chi connectivity index (χ1v) is 16.9. The van der Waals surface area contributed by atoms with Crippen LogP contribution in [0.15, 0.2) is 53.5 Å². The minimum absolute atomic E-state index is 0.0668. The van der Waals surface area contributed by atoms with Crippen molar-refractivity contribution in [2.24, 2.45) is 20.0 Å². The van der Waals surface area contributed by atoms with Crippen LogP contribution in [0.3, 0.4) is 0 Å². The zero-order chi connectivity index (χ0) is 35.8. The third-order valence-electron chi connectivity index (χ3n) is 9.30. The molecule has 2 fully saturated rings. The highest BCUT2D eigenvalue weighted by molar-refractivity contribution is 6.33. The Bertz CT molecular complexity index is 2250. The van der Waals surface area contributed by atoms with E-state index in [9.17, 15) is 19.2 Å². The van der Waals surface area contributed by atoms with Crippen molar-refractivity contribution >= 4 is 68.6 Å². The van der Waals surface area contributed by atoms with E-state index < -0.39 is 5.92 Å². The number of fused-ring (bicyclic) bond motifs is 2. The van der Waals surface area contributed by atoms with Crippen LogP contribution in [-0.4, -0.2) is 75.4 Å². The van der Waals surface area contributed by atoms with Crippen LogP contribution in [0.4, 0.5) is 17.5 Å². The summed E-state index contributed by atoms with van der Waals surface area (Å²) in [5.41, 5.74) is 2.54. The summed E-state index contributed by atoms with van der Waals surface area (Å²) in [5, 5.41) is 14.7. The van der Waals surface area contributed by atoms with Crippen LogP contribution < -0.4 is 35.9 Å². The number of anilines is 3. The summed E-state index contributed by atoms with van der Waals surface area (Å²) in [6, 6.07) is 12.8. The van der Waals surface area contributed by atoms with Gasteiger partial charge in [0, 0.05) is 69.1 Å². The van der Waals surface area contributed by atoms with Crippen molar-refractivity contribution in [1.82, 2.24) is 34.9 Å². The minimum atomic E-state index is -0.465. The van der Waals surface area contributed by atoms with E-state index in [4.69, 9.17) is 26.1 Å². The number of piperidine rings is 1. The molecule has 2 atom stereocenters. The number of aromatic nitrogens is 5. The Morgan fingerprint density at radius 1 is 1.06 bits per heavy atom. The van der Waals surface area contributed by atoms with Crippen molar-refractivity contribution in [2.45, 2.75) is 25.2 Å². The first-order chi connectivity index (χ1) is 24.6. The van der Waals surface area contributed by atoms with Crippen LogP contribution in [-0.2, 0) is 28.5 Å². The van der Waals surface area contributed by atoms with Gasteiger partial charge in [0.25, 0.3) is 11.5 Å². The summed E-state index contributed by atoms with van der Waals surface area (Å²) in [4.78, 5) is 59.9. The number of ether oxygens (including phenoxy) is 2. The van der Waals surface area contributed by atoms with Crippen LogP contribution in [0.2, 0.25) is 5.02 Å². The van der Waals surface area contributed by atoms with Gasteiger partial charge >= 0.3 is 0 Å². The molecule has 2 aliphatic heterocycles. The van der Waals surface area contributed by atoms with Gasteiger partial charge in [0.15, 0.2) is 18.2 Å². The Hall–Kier alpha value is -5.70. The Labute approximate surface area is 296 Å². The number of amides is 3. The second-order valence-electron chi connectivity index (χ2n) is 12.7. The first kappa shape index (κ1) is 33.8. The highest BCUT2D eigenvalue weighted by atomic mass is 35.5. The lowest BCUT2D eigenvalue weighted by molar-refractivity contribution is -0.134. The summed E-state index contributed by atoms with van der Waals surface area (Å²) < 4.78 is 14.9. The minimum Gasteiger partial charge on any atom is -0.493 e. The second kappa shape index (κ2) is 13.9. The van der Waals surface area contributed by atoms with Crippen LogP contribution in [0, 0.1) is 5.92 Å². The Balaban J connectivity index is 1.01. The van der Waals surface area contributed by atoms with Gasteiger partial charge in [-0.15, -0.1) is 0 Å². The van der Waals surface area contributed by atoms with Crippen molar-refractivity contribution in [3.05, 3.63) is 69.7 Å². The molecule has 7 rings (SSSR count). The highest BCUT2D eigenvalue weighted by Crippen LogP contribution is 2.33. The highest BCUT2D eigenvalue weighted by Gasteiger charge is 2.32. The molecule has 0 bridgehead atoms. The molecule has 3 amide bonds. The van der Waals surface area contributed by atoms with Gasteiger partial charge in [-0.25, -0.2) is 4.98 Å². The average molecular weight is 714 g/mol. The molecule has 16 heteroatoms. The number of pyridine rings is 1. The van der Waals surface area contributed by atoms with E-state index >= 15 is 0 Å². The molecule has 5 heterocycles. The van der Waals surface area contributed by atoms with E-state index in [1.807, 2.05) is 43.4 Å². The van der Waals surface area contributed by atoms with E-state index in [0.29, 0.717) is 65.4 Å². The van der Waals surface area contributed by atoms with Gasteiger partial charge in [0.05, 0.1) is 35.4 Å². The quantitative estimate of drug-likeness (QED) is 0.181. The molecule has 2 unspecified atom stereocenters. The molecule has 2 aliphatic rings. The summed E-state index contributed by atoms with van der Waals surface area (Å²) in [7, 11) is 4.97. The third-order valence-corrected chi connectivity index (χ3v) is 9.57. The summed E-state index contributed by atoms with van der Waals surface area (Å²) in [5.74, 6) is 0.598. The molecule has 0 saturated carbocycles. The van der Waals surface area contributed by atoms with Crippen molar-refractivity contribution in [3.8, 4) is 11.5 Å². The summed E-state index contributed by atoms with van der Waals surface area (Å²) in [6.45, 7) is 1.66. The fourth-order valence-electron chi connectivity index (χ4n) is 6.52. The molecule has 2 aromatic carbocycles. The molecular formula is C35H36ClN9O6.